The van der Waals surface area contributed by atoms with Crippen molar-refractivity contribution in [3.05, 3.63) is 53.6 Å². The van der Waals surface area contributed by atoms with E-state index in [0.717, 1.165) is 0 Å². The van der Waals surface area contributed by atoms with Crippen LogP contribution in [0.5, 0.6) is 11.5 Å². The van der Waals surface area contributed by atoms with Gasteiger partial charge in [0.1, 0.15) is 0 Å². The van der Waals surface area contributed by atoms with Crippen LogP contribution in [0.2, 0.25) is 0 Å². The highest BCUT2D eigenvalue weighted by Crippen LogP contribution is 2.28. The lowest BCUT2D eigenvalue weighted by atomic mass is 10.2. The third kappa shape index (κ3) is 4.48. The maximum Gasteiger partial charge on any atom is 0.265 e. The van der Waals surface area contributed by atoms with Gasteiger partial charge in [-0.05, 0) is 43.3 Å². The van der Waals surface area contributed by atoms with Crippen molar-refractivity contribution in [3.63, 3.8) is 0 Å². The zero-order valence-corrected chi connectivity index (χ0v) is 13.8. The van der Waals surface area contributed by atoms with Gasteiger partial charge in [-0.25, -0.2) is 0 Å². The fourth-order valence-corrected chi connectivity index (χ4v) is 2.04. The fourth-order valence-electron chi connectivity index (χ4n) is 2.04. The van der Waals surface area contributed by atoms with Crippen LogP contribution in [0, 0.1) is 11.3 Å². The van der Waals surface area contributed by atoms with Gasteiger partial charge < -0.3 is 20.5 Å². The van der Waals surface area contributed by atoms with Crippen molar-refractivity contribution in [1.29, 1.82) is 5.26 Å². The van der Waals surface area contributed by atoms with Crippen LogP contribution < -0.4 is 20.5 Å². The van der Waals surface area contributed by atoms with Crippen LogP contribution in [0.4, 0.5) is 5.69 Å². The van der Waals surface area contributed by atoms with Gasteiger partial charge in [0.2, 0.25) is 5.91 Å². The van der Waals surface area contributed by atoms with E-state index in [-0.39, 0.29) is 5.91 Å². The normalized spacial score (nSPS) is 11.1. The standard InChI is InChI=1S/C18H17N3O4/c1-11(25-15-8-3-12(10-19)9-16(15)24-2)18(23)21-14-6-4-13(5-7-14)17(20)22/h3-9,11H,1-2H3,(H2,20,22)(H,21,23)/t11-/m0/s1. The number of ether oxygens (including phenoxy) is 2. The van der Waals surface area contributed by atoms with Crippen molar-refractivity contribution >= 4 is 17.5 Å². The highest BCUT2D eigenvalue weighted by molar-refractivity contribution is 5.96. The smallest absolute Gasteiger partial charge is 0.265 e. The first-order valence-electron chi connectivity index (χ1n) is 7.40. The van der Waals surface area contributed by atoms with E-state index < -0.39 is 12.0 Å². The number of carbonyl (C=O) groups is 2. The van der Waals surface area contributed by atoms with Crippen LogP contribution in [-0.2, 0) is 4.79 Å². The van der Waals surface area contributed by atoms with Gasteiger partial charge in [0.05, 0.1) is 18.7 Å². The van der Waals surface area contributed by atoms with E-state index in [4.69, 9.17) is 20.5 Å². The number of primary amides is 1. The van der Waals surface area contributed by atoms with E-state index in [1.54, 1.807) is 31.2 Å². The molecule has 0 aliphatic heterocycles. The van der Waals surface area contributed by atoms with Crippen LogP contribution in [0.15, 0.2) is 42.5 Å². The molecule has 0 saturated carbocycles. The second-order valence-corrected chi connectivity index (χ2v) is 5.17. The Hall–Kier alpha value is -3.53. The number of anilines is 1. The second-order valence-electron chi connectivity index (χ2n) is 5.17. The molecule has 0 bridgehead atoms. The van der Waals surface area contributed by atoms with Gasteiger partial charge in [-0.2, -0.15) is 5.26 Å². The summed E-state index contributed by atoms with van der Waals surface area (Å²) < 4.78 is 10.8. The molecule has 0 fully saturated rings. The van der Waals surface area contributed by atoms with Gasteiger partial charge in [0.25, 0.3) is 5.91 Å². The van der Waals surface area contributed by atoms with Gasteiger partial charge in [0.15, 0.2) is 17.6 Å². The lowest BCUT2D eigenvalue weighted by Gasteiger charge is -2.17. The number of nitrogens with one attached hydrogen (secondary N) is 1. The lowest BCUT2D eigenvalue weighted by Crippen LogP contribution is -2.30. The minimum Gasteiger partial charge on any atom is -0.493 e. The number of carbonyl (C=O) groups excluding carboxylic acids is 2. The molecule has 0 unspecified atom stereocenters. The van der Waals surface area contributed by atoms with E-state index in [1.807, 2.05) is 6.07 Å². The molecule has 2 amide bonds. The largest absolute Gasteiger partial charge is 0.493 e. The summed E-state index contributed by atoms with van der Waals surface area (Å²) in [4.78, 5) is 23.3. The first-order chi connectivity index (χ1) is 11.9. The third-order valence-corrected chi connectivity index (χ3v) is 3.40. The van der Waals surface area contributed by atoms with Crippen LogP contribution >= 0.6 is 0 Å². The highest BCUT2D eigenvalue weighted by atomic mass is 16.5. The van der Waals surface area contributed by atoms with E-state index in [9.17, 15) is 9.59 Å². The molecule has 7 heteroatoms. The summed E-state index contributed by atoms with van der Waals surface area (Å²) in [6.07, 6.45) is -0.808. The number of hydrogen-bond acceptors (Lipinski definition) is 5. The Kier molecular flexibility index (Phi) is 5.58. The molecule has 7 nitrogen and oxygen atoms in total. The molecule has 128 valence electrons. The molecule has 2 rings (SSSR count). The monoisotopic (exact) mass is 339 g/mol. The van der Waals surface area contributed by atoms with Crippen molar-refractivity contribution in [2.75, 3.05) is 12.4 Å². The molecule has 0 spiro atoms. The minimum atomic E-state index is -0.808. The Bertz CT molecular complexity index is 825. The van der Waals surface area contributed by atoms with Crippen LogP contribution in [-0.4, -0.2) is 25.0 Å². The first kappa shape index (κ1) is 17.8. The van der Waals surface area contributed by atoms with Crippen molar-refractivity contribution in [2.45, 2.75) is 13.0 Å². The summed E-state index contributed by atoms with van der Waals surface area (Å²) in [7, 11) is 1.45. The quantitative estimate of drug-likeness (QED) is 0.836. The molecule has 0 radical (unpaired) electrons. The Morgan fingerprint density at radius 2 is 1.84 bits per heavy atom. The Morgan fingerprint density at radius 3 is 2.40 bits per heavy atom. The molecule has 0 aliphatic carbocycles. The van der Waals surface area contributed by atoms with Gasteiger partial charge in [-0.3, -0.25) is 9.59 Å². The van der Waals surface area contributed by atoms with Gasteiger partial charge in [-0.15, -0.1) is 0 Å². The van der Waals surface area contributed by atoms with Gasteiger partial charge in [0, 0.05) is 17.3 Å². The zero-order valence-electron chi connectivity index (χ0n) is 13.8. The van der Waals surface area contributed by atoms with Crippen LogP contribution in [0.25, 0.3) is 0 Å². The van der Waals surface area contributed by atoms with Crippen molar-refractivity contribution < 1.29 is 19.1 Å². The predicted octanol–water partition coefficient (Wildman–Crippen LogP) is 2.07. The lowest BCUT2D eigenvalue weighted by molar-refractivity contribution is -0.122. The number of nitrogens with two attached hydrogens (primary N) is 1. The number of nitrogens with zero attached hydrogens (tertiary/aromatic N) is 1. The maximum atomic E-state index is 12.2. The average Bonchev–Trinajstić information content (AvgIpc) is 2.62. The molecule has 1 atom stereocenters. The Labute approximate surface area is 145 Å². The minimum absolute atomic E-state index is 0.351. The van der Waals surface area contributed by atoms with Crippen LogP contribution in [0.1, 0.15) is 22.8 Å². The highest BCUT2D eigenvalue weighted by Gasteiger charge is 2.17. The SMILES string of the molecule is COc1cc(C#N)ccc1O[C@@H](C)C(=O)Nc1ccc(C(N)=O)cc1. The average molecular weight is 339 g/mol. The molecular weight excluding hydrogens is 322 g/mol. The third-order valence-electron chi connectivity index (χ3n) is 3.40. The number of benzene rings is 2. The fraction of sp³-hybridized carbons (Fsp3) is 0.167. The molecule has 2 aromatic rings. The van der Waals surface area contributed by atoms with E-state index in [0.29, 0.717) is 28.3 Å². The summed E-state index contributed by atoms with van der Waals surface area (Å²) in [5.74, 6) is -0.196. The summed E-state index contributed by atoms with van der Waals surface area (Å²) in [5.41, 5.74) is 6.46. The molecule has 25 heavy (non-hydrogen) atoms. The predicted molar refractivity (Wildman–Crippen MR) is 91.4 cm³/mol. The first-order valence-corrected chi connectivity index (χ1v) is 7.40. The molecule has 2 aromatic carbocycles. The summed E-state index contributed by atoms with van der Waals surface area (Å²) in [5, 5.41) is 11.6. The number of hydrogen-bond donors (Lipinski definition) is 2. The molecular formula is C18H17N3O4. The summed E-state index contributed by atoms with van der Waals surface area (Å²) in [6.45, 7) is 1.59. The maximum absolute atomic E-state index is 12.2. The Balaban J connectivity index is 2.05. The van der Waals surface area contributed by atoms with E-state index in [2.05, 4.69) is 5.32 Å². The molecule has 0 saturated heterocycles. The molecule has 0 aromatic heterocycles. The van der Waals surface area contributed by atoms with Crippen molar-refractivity contribution in [1.82, 2.24) is 0 Å². The van der Waals surface area contributed by atoms with Crippen molar-refractivity contribution in [3.8, 4) is 17.6 Å². The van der Waals surface area contributed by atoms with Crippen LogP contribution in [0.3, 0.4) is 0 Å². The summed E-state index contributed by atoms with van der Waals surface area (Å²) >= 11 is 0. The number of rotatable bonds is 6. The number of nitriles is 1. The molecule has 0 heterocycles. The second kappa shape index (κ2) is 7.84. The molecule has 0 aliphatic rings. The van der Waals surface area contributed by atoms with E-state index >= 15 is 0 Å². The van der Waals surface area contributed by atoms with Gasteiger partial charge >= 0.3 is 0 Å². The van der Waals surface area contributed by atoms with E-state index in [1.165, 1.54) is 25.3 Å². The number of amides is 2. The molecule has 3 N–H and O–H groups in total. The topological polar surface area (TPSA) is 114 Å². The Morgan fingerprint density at radius 1 is 1.16 bits per heavy atom. The van der Waals surface area contributed by atoms with Crippen molar-refractivity contribution in [2.24, 2.45) is 5.73 Å². The number of methoxy groups -OCH3 is 1. The summed E-state index contributed by atoms with van der Waals surface area (Å²) in [6, 6.07) is 12.9. The zero-order chi connectivity index (χ0) is 18.4. The van der Waals surface area contributed by atoms with Gasteiger partial charge in [-0.1, -0.05) is 0 Å².